The van der Waals surface area contributed by atoms with Crippen LogP contribution in [0.5, 0.6) is 0 Å². The monoisotopic (exact) mass is 483 g/mol. The van der Waals surface area contributed by atoms with Crippen molar-refractivity contribution in [2.45, 2.75) is 167 Å². The molecule has 0 aliphatic rings. The molecule has 0 fully saturated rings. The van der Waals surface area contributed by atoms with Crippen LogP contribution in [0.4, 0.5) is 0 Å². The number of hydrogen-bond donors (Lipinski definition) is 2. The molecule has 0 aliphatic heterocycles. The maximum absolute atomic E-state index is 11.5. The van der Waals surface area contributed by atoms with Crippen LogP contribution < -0.4 is 5.73 Å². The maximum atomic E-state index is 11.5. The summed E-state index contributed by atoms with van der Waals surface area (Å²) in [6.07, 6.45) is 31.0. The van der Waals surface area contributed by atoms with Gasteiger partial charge in [0, 0.05) is 6.42 Å². The molecule has 5 heteroatoms. The molecule has 0 aromatic carbocycles. The molecule has 5 nitrogen and oxygen atoms in total. The molecule has 0 amide bonds. The summed E-state index contributed by atoms with van der Waals surface area (Å²) in [6.45, 7) is 1.78. The number of unbranched alkanes of at least 4 members (excludes halogenated alkanes) is 22. The largest absolute Gasteiger partial charge is 0.394 e. The van der Waals surface area contributed by atoms with Crippen LogP contribution in [0.2, 0.25) is 0 Å². The Hall–Kier alpha value is -0.940. The van der Waals surface area contributed by atoms with Crippen molar-refractivity contribution in [1.29, 1.82) is 0 Å². The van der Waals surface area contributed by atoms with Gasteiger partial charge in [-0.15, -0.1) is 0 Å². The second-order valence-corrected chi connectivity index (χ2v) is 10.1. The molecular weight excluding hydrogens is 426 g/mol. The zero-order valence-electron chi connectivity index (χ0n) is 22.5. The van der Waals surface area contributed by atoms with Crippen LogP contribution in [-0.4, -0.2) is 29.7 Å². The van der Waals surface area contributed by atoms with E-state index in [0.29, 0.717) is 0 Å². The fraction of sp³-hybridized carbons (Fsp3) is 0.931. The van der Waals surface area contributed by atoms with Gasteiger partial charge in [-0.25, -0.2) is 4.79 Å². The maximum Gasteiger partial charge on any atom is 0.332 e. The van der Waals surface area contributed by atoms with E-state index in [9.17, 15) is 9.59 Å². The highest BCUT2D eigenvalue weighted by Crippen LogP contribution is 2.15. The molecule has 0 unspecified atom stereocenters. The predicted octanol–water partition coefficient (Wildman–Crippen LogP) is 7.76. The third-order valence-corrected chi connectivity index (χ3v) is 6.70. The Kier molecular flexibility index (Phi) is 25.9. The molecule has 0 heterocycles. The lowest BCUT2D eigenvalue weighted by atomic mass is 10.0. The first-order valence-electron chi connectivity index (χ1n) is 14.7. The summed E-state index contributed by atoms with van der Waals surface area (Å²) in [5, 5.41) is 8.75. The smallest absolute Gasteiger partial charge is 0.332 e. The topological polar surface area (TPSA) is 89.6 Å². The van der Waals surface area contributed by atoms with Gasteiger partial charge in [-0.05, 0) is 6.42 Å². The van der Waals surface area contributed by atoms with Gasteiger partial charge in [0.15, 0.2) is 0 Å². The molecule has 0 aromatic rings. The van der Waals surface area contributed by atoms with Crippen molar-refractivity contribution in [2.75, 3.05) is 6.61 Å². The number of aliphatic hydroxyl groups excluding tert-OH is 1. The highest BCUT2D eigenvalue weighted by molar-refractivity contribution is 5.88. The number of aliphatic hydroxyl groups is 1. The van der Waals surface area contributed by atoms with E-state index in [0.717, 1.165) is 19.3 Å². The summed E-state index contributed by atoms with van der Waals surface area (Å²) >= 11 is 0. The number of esters is 2. The van der Waals surface area contributed by atoms with E-state index in [-0.39, 0.29) is 6.42 Å². The van der Waals surface area contributed by atoms with E-state index >= 15 is 0 Å². The Morgan fingerprint density at radius 3 is 1.18 bits per heavy atom. The van der Waals surface area contributed by atoms with Crippen molar-refractivity contribution in [3.05, 3.63) is 0 Å². The molecule has 0 bridgehead atoms. The van der Waals surface area contributed by atoms with E-state index in [1.807, 2.05) is 0 Å². The Labute approximate surface area is 211 Å². The van der Waals surface area contributed by atoms with Gasteiger partial charge in [-0.3, -0.25) is 4.79 Å². The van der Waals surface area contributed by atoms with Gasteiger partial charge in [0.25, 0.3) is 0 Å². The van der Waals surface area contributed by atoms with Crippen LogP contribution >= 0.6 is 0 Å². The Bertz CT molecular complexity index is 455. The van der Waals surface area contributed by atoms with Crippen molar-refractivity contribution in [3.8, 4) is 0 Å². The predicted molar refractivity (Wildman–Crippen MR) is 143 cm³/mol. The van der Waals surface area contributed by atoms with Crippen molar-refractivity contribution in [2.24, 2.45) is 5.73 Å². The lowest BCUT2D eigenvalue weighted by Crippen LogP contribution is -2.36. The van der Waals surface area contributed by atoms with Crippen LogP contribution in [0.3, 0.4) is 0 Å². The lowest BCUT2D eigenvalue weighted by molar-refractivity contribution is -0.161. The molecule has 0 spiro atoms. The van der Waals surface area contributed by atoms with Crippen molar-refractivity contribution in [3.63, 3.8) is 0 Å². The minimum atomic E-state index is -1.13. The van der Waals surface area contributed by atoms with Gasteiger partial charge < -0.3 is 15.6 Å². The summed E-state index contributed by atoms with van der Waals surface area (Å²) in [5.74, 6) is -1.39. The SMILES string of the molecule is CCCCCCCCCCCCCCCCCCCCCCCCCC(=O)OC(=O)[C@@H](N)CO. The zero-order chi connectivity index (χ0) is 25.1. The van der Waals surface area contributed by atoms with Gasteiger partial charge in [-0.2, -0.15) is 0 Å². The number of carbonyl (C=O) groups is 2. The van der Waals surface area contributed by atoms with Crippen molar-refractivity contribution < 1.29 is 19.4 Å². The van der Waals surface area contributed by atoms with Crippen LogP contribution in [0.25, 0.3) is 0 Å². The minimum Gasteiger partial charge on any atom is -0.394 e. The highest BCUT2D eigenvalue weighted by atomic mass is 16.6. The molecule has 34 heavy (non-hydrogen) atoms. The summed E-state index contributed by atoms with van der Waals surface area (Å²) in [6, 6.07) is -1.13. The molecule has 0 saturated heterocycles. The first-order chi connectivity index (χ1) is 16.6. The van der Waals surface area contributed by atoms with Crippen molar-refractivity contribution >= 4 is 11.9 Å². The third-order valence-electron chi connectivity index (χ3n) is 6.70. The molecule has 202 valence electrons. The summed E-state index contributed by atoms with van der Waals surface area (Å²) < 4.78 is 4.59. The fourth-order valence-electron chi connectivity index (χ4n) is 4.37. The highest BCUT2D eigenvalue weighted by Gasteiger charge is 2.17. The molecule has 0 rings (SSSR count). The van der Waals surface area contributed by atoms with Gasteiger partial charge in [0.05, 0.1) is 6.61 Å². The number of nitrogens with two attached hydrogens (primary N) is 1. The van der Waals surface area contributed by atoms with E-state index < -0.39 is 24.6 Å². The summed E-state index contributed by atoms with van der Waals surface area (Å²) in [4.78, 5) is 22.8. The molecule has 0 aliphatic carbocycles. The Morgan fingerprint density at radius 2 is 0.882 bits per heavy atom. The normalized spacial score (nSPS) is 12.1. The second kappa shape index (κ2) is 26.7. The number of rotatable bonds is 26. The number of hydrogen-bond acceptors (Lipinski definition) is 5. The molecule has 0 radical (unpaired) electrons. The Morgan fingerprint density at radius 1 is 0.588 bits per heavy atom. The first-order valence-corrected chi connectivity index (χ1v) is 14.7. The Balaban J connectivity index is 3.16. The zero-order valence-corrected chi connectivity index (χ0v) is 22.5. The van der Waals surface area contributed by atoms with Crippen LogP contribution in [-0.2, 0) is 14.3 Å². The van der Waals surface area contributed by atoms with Gasteiger partial charge in [-0.1, -0.05) is 148 Å². The summed E-state index contributed by atoms with van der Waals surface area (Å²) in [7, 11) is 0. The van der Waals surface area contributed by atoms with E-state index in [4.69, 9.17) is 10.8 Å². The average Bonchev–Trinajstić information content (AvgIpc) is 2.83. The number of carbonyl (C=O) groups excluding carboxylic acids is 2. The fourth-order valence-corrected chi connectivity index (χ4v) is 4.37. The number of ether oxygens (including phenoxy) is 1. The van der Waals surface area contributed by atoms with Crippen LogP contribution in [0, 0.1) is 0 Å². The van der Waals surface area contributed by atoms with E-state index in [1.165, 1.54) is 128 Å². The average molecular weight is 484 g/mol. The second-order valence-electron chi connectivity index (χ2n) is 10.1. The van der Waals surface area contributed by atoms with Gasteiger partial charge >= 0.3 is 11.9 Å². The molecule has 0 saturated carbocycles. The third kappa shape index (κ3) is 24.2. The summed E-state index contributed by atoms with van der Waals surface area (Å²) in [5.41, 5.74) is 5.30. The van der Waals surface area contributed by atoms with Gasteiger partial charge in [0.2, 0.25) is 0 Å². The standard InChI is InChI=1S/C29H57NO4/c1-2-3-4-5-6-7-8-9-10-11-12-13-14-15-16-17-18-19-20-21-22-23-24-25-28(32)34-29(33)27(30)26-31/h27,31H,2-26,30H2,1H3/t27-/m0/s1. The molecule has 1 atom stereocenters. The van der Waals surface area contributed by atoms with E-state index in [1.54, 1.807) is 0 Å². The first kappa shape index (κ1) is 33.1. The molecular formula is C29H57NO4. The van der Waals surface area contributed by atoms with Crippen molar-refractivity contribution in [1.82, 2.24) is 0 Å². The quantitative estimate of drug-likeness (QED) is 0.0745. The minimum absolute atomic E-state index is 0.239. The molecule has 3 N–H and O–H groups in total. The molecule has 0 aromatic heterocycles. The van der Waals surface area contributed by atoms with Crippen LogP contribution in [0.15, 0.2) is 0 Å². The van der Waals surface area contributed by atoms with Gasteiger partial charge in [0.1, 0.15) is 6.04 Å². The van der Waals surface area contributed by atoms with Crippen LogP contribution in [0.1, 0.15) is 161 Å². The lowest BCUT2D eigenvalue weighted by Gasteiger charge is -2.07. The van der Waals surface area contributed by atoms with E-state index in [2.05, 4.69) is 11.7 Å².